The first-order valence-corrected chi connectivity index (χ1v) is 6.08. The molecule has 0 heterocycles. The SMILES string of the molecule is NCCNC(=O)CCc1ccccc1.O=C(O)C(F)(F)F. The molecule has 0 atom stereocenters. The normalized spacial score (nSPS) is 10.3. The van der Waals surface area contributed by atoms with E-state index in [0.717, 1.165) is 6.42 Å². The van der Waals surface area contributed by atoms with E-state index in [1.807, 2.05) is 30.3 Å². The van der Waals surface area contributed by atoms with Gasteiger partial charge in [0.25, 0.3) is 0 Å². The minimum absolute atomic E-state index is 0.0688. The van der Waals surface area contributed by atoms with Gasteiger partial charge in [-0.1, -0.05) is 30.3 Å². The molecule has 1 amide bonds. The smallest absolute Gasteiger partial charge is 0.475 e. The Morgan fingerprint density at radius 2 is 1.71 bits per heavy atom. The molecule has 0 saturated carbocycles. The molecular formula is C13H17F3N2O3. The van der Waals surface area contributed by atoms with Gasteiger partial charge in [0.2, 0.25) is 5.91 Å². The van der Waals surface area contributed by atoms with Crippen molar-refractivity contribution in [1.82, 2.24) is 5.32 Å². The van der Waals surface area contributed by atoms with Crippen molar-refractivity contribution in [3.8, 4) is 0 Å². The Balaban J connectivity index is 0.000000486. The van der Waals surface area contributed by atoms with E-state index >= 15 is 0 Å². The summed E-state index contributed by atoms with van der Waals surface area (Å²) in [5.41, 5.74) is 6.46. The number of benzene rings is 1. The molecule has 118 valence electrons. The highest BCUT2D eigenvalue weighted by Crippen LogP contribution is 2.13. The van der Waals surface area contributed by atoms with Crippen LogP contribution in [0.5, 0.6) is 0 Å². The second-order valence-corrected chi connectivity index (χ2v) is 3.93. The molecule has 0 aromatic heterocycles. The van der Waals surface area contributed by atoms with E-state index < -0.39 is 12.1 Å². The molecular weight excluding hydrogens is 289 g/mol. The van der Waals surface area contributed by atoms with Gasteiger partial charge in [0.15, 0.2) is 0 Å². The van der Waals surface area contributed by atoms with Gasteiger partial charge in [-0.2, -0.15) is 13.2 Å². The van der Waals surface area contributed by atoms with Crippen LogP contribution in [0.3, 0.4) is 0 Å². The highest BCUT2D eigenvalue weighted by molar-refractivity contribution is 5.76. The maximum absolute atomic E-state index is 11.2. The van der Waals surface area contributed by atoms with E-state index in [1.54, 1.807) is 0 Å². The monoisotopic (exact) mass is 306 g/mol. The zero-order chi connectivity index (χ0) is 16.3. The van der Waals surface area contributed by atoms with E-state index in [1.165, 1.54) is 5.56 Å². The van der Waals surface area contributed by atoms with Crippen molar-refractivity contribution in [1.29, 1.82) is 0 Å². The second kappa shape index (κ2) is 9.76. The maximum atomic E-state index is 11.2. The van der Waals surface area contributed by atoms with Gasteiger partial charge in [-0.25, -0.2) is 4.79 Å². The molecule has 1 aromatic rings. The first-order chi connectivity index (χ1) is 9.77. The van der Waals surface area contributed by atoms with Gasteiger partial charge in [-0.15, -0.1) is 0 Å². The Morgan fingerprint density at radius 3 is 2.14 bits per heavy atom. The summed E-state index contributed by atoms with van der Waals surface area (Å²) in [6, 6.07) is 9.98. The summed E-state index contributed by atoms with van der Waals surface area (Å²) in [4.78, 5) is 20.1. The summed E-state index contributed by atoms with van der Waals surface area (Å²) in [6.45, 7) is 1.06. The van der Waals surface area contributed by atoms with Crippen LogP contribution in [0.15, 0.2) is 30.3 Å². The molecule has 8 heteroatoms. The molecule has 0 saturated heterocycles. The number of carbonyl (C=O) groups is 2. The van der Waals surface area contributed by atoms with Crippen LogP contribution in [0.4, 0.5) is 13.2 Å². The summed E-state index contributed by atoms with van der Waals surface area (Å²) >= 11 is 0. The third-order valence-electron chi connectivity index (χ3n) is 2.19. The summed E-state index contributed by atoms with van der Waals surface area (Å²) in [6.07, 6.45) is -3.76. The van der Waals surface area contributed by atoms with Gasteiger partial charge in [0.05, 0.1) is 0 Å². The lowest BCUT2D eigenvalue weighted by atomic mass is 10.1. The highest BCUT2D eigenvalue weighted by Gasteiger charge is 2.38. The third kappa shape index (κ3) is 10.4. The quantitative estimate of drug-likeness (QED) is 0.765. The van der Waals surface area contributed by atoms with E-state index in [2.05, 4.69) is 5.32 Å². The van der Waals surface area contributed by atoms with Crippen LogP contribution in [0, 0.1) is 0 Å². The van der Waals surface area contributed by atoms with Crippen LogP contribution in [0.1, 0.15) is 12.0 Å². The van der Waals surface area contributed by atoms with Gasteiger partial charge >= 0.3 is 12.1 Å². The Labute approximate surface area is 119 Å². The average Bonchev–Trinajstić information content (AvgIpc) is 2.43. The number of hydrogen-bond donors (Lipinski definition) is 3. The van der Waals surface area contributed by atoms with E-state index in [4.69, 9.17) is 15.6 Å². The Kier molecular flexibility index (Phi) is 8.79. The van der Waals surface area contributed by atoms with Crippen molar-refractivity contribution in [2.24, 2.45) is 5.73 Å². The third-order valence-corrected chi connectivity index (χ3v) is 2.19. The first kappa shape index (κ1) is 18.9. The molecule has 4 N–H and O–H groups in total. The molecule has 0 fully saturated rings. The number of carboxylic acids is 1. The molecule has 0 aliphatic heterocycles. The lowest BCUT2D eigenvalue weighted by Gasteiger charge is -2.03. The average molecular weight is 306 g/mol. The van der Waals surface area contributed by atoms with Gasteiger partial charge in [-0.3, -0.25) is 4.79 Å². The van der Waals surface area contributed by atoms with Crippen LogP contribution in [-0.4, -0.2) is 36.2 Å². The topological polar surface area (TPSA) is 92.4 Å². The summed E-state index contributed by atoms with van der Waals surface area (Å²) in [5.74, 6) is -2.69. The van der Waals surface area contributed by atoms with Crippen molar-refractivity contribution in [2.45, 2.75) is 19.0 Å². The predicted octanol–water partition coefficient (Wildman–Crippen LogP) is 1.33. The molecule has 0 bridgehead atoms. The number of nitrogens with one attached hydrogen (secondary N) is 1. The Morgan fingerprint density at radius 1 is 1.19 bits per heavy atom. The van der Waals surface area contributed by atoms with Gasteiger partial charge in [0.1, 0.15) is 0 Å². The summed E-state index contributed by atoms with van der Waals surface area (Å²) in [5, 5.41) is 9.86. The van der Waals surface area contributed by atoms with E-state index in [-0.39, 0.29) is 5.91 Å². The minimum atomic E-state index is -5.08. The number of nitrogens with two attached hydrogens (primary N) is 1. The minimum Gasteiger partial charge on any atom is -0.475 e. The van der Waals surface area contributed by atoms with Crippen LogP contribution in [0.2, 0.25) is 0 Å². The maximum Gasteiger partial charge on any atom is 0.490 e. The number of rotatable bonds is 5. The number of alkyl halides is 3. The fourth-order valence-electron chi connectivity index (χ4n) is 1.20. The van der Waals surface area contributed by atoms with Gasteiger partial charge in [0, 0.05) is 19.5 Å². The lowest BCUT2D eigenvalue weighted by Crippen LogP contribution is -2.29. The molecule has 0 radical (unpaired) electrons. The van der Waals surface area contributed by atoms with E-state index in [0.29, 0.717) is 19.5 Å². The highest BCUT2D eigenvalue weighted by atomic mass is 19.4. The number of hydrogen-bond acceptors (Lipinski definition) is 3. The van der Waals surface area contributed by atoms with Crippen LogP contribution in [-0.2, 0) is 16.0 Å². The number of aliphatic carboxylic acids is 1. The van der Waals surface area contributed by atoms with Crippen LogP contribution >= 0.6 is 0 Å². The molecule has 5 nitrogen and oxygen atoms in total. The van der Waals surface area contributed by atoms with Crippen molar-refractivity contribution in [3.05, 3.63) is 35.9 Å². The molecule has 1 aromatic carbocycles. The standard InChI is InChI=1S/C11H16N2O.C2HF3O2/c12-8-9-13-11(14)7-6-10-4-2-1-3-5-10;3-2(4,5)1(6)7/h1-5H,6-9,12H2,(H,13,14);(H,6,7). The molecule has 21 heavy (non-hydrogen) atoms. The first-order valence-electron chi connectivity index (χ1n) is 6.08. The number of carbonyl (C=O) groups excluding carboxylic acids is 1. The van der Waals surface area contributed by atoms with Gasteiger partial charge < -0.3 is 16.2 Å². The van der Waals surface area contributed by atoms with Gasteiger partial charge in [-0.05, 0) is 12.0 Å². The molecule has 0 aliphatic rings. The number of carboxylic acid groups (broad SMARTS) is 1. The van der Waals surface area contributed by atoms with Crippen LogP contribution < -0.4 is 11.1 Å². The van der Waals surface area contributed by atoms with Crippen molar-refractivity contribution < 1.29 is 27.9 Å². The van der Waals surface area contributed by atoms with E-state index in [9.17, 15) is 18.0 Å². The number of halogens is 3. The second-order valence-electron chi connectivity index (χ2n) is 3.93. The number of amides is 1. The zero-order valence-corrected chi connectivity index (χ0v) is 11.2. The fraction of sp³-hybridized carbons (Fsp3) is 0.385. The Hall–Kier alpha value is -2.09. The lowest BCUT2D eigenvalue weighted by molar-refractivity contribution is -0.192. The molecule has 0 unspecified atom stereocenters. The zero-order valence-electron chi connectivity index (χ0n) is 11.2. The molecule has 0 aliphatic carbocycles. The largest absolute Gasteiger partial charge is 0.490 e. The Bertz CT molecular complexity index is 436. The molecule has 1 rings (SSSR count). The fourth-order valence-corrected chi connectivity index (χ4v) is 1.20. The van der Waals surface area contributed by atoms with Crippen LogP contribution in [0.25, 0.3) is 0 Å². The summed E-state index contributed by atoms with van der Waals surface area (Å²) in [7, 11) is 0. The number of aryl methyl sites for hydroxylation is 1. The van der Waals surface area contributed by atoms with Crippen molar-refractivity contribution >= 4 is 11.9 Å². The summed E-state index contributed by atoms with van der Waals surface area (Å²) < 4.78 is 31.7. The van der Waals surface area contributed by atoms with Crippen molar-refractivity contribution in [2.75, 3.05) is 13.1 Å². The molecule has 0 spiro atoms. The predicted molar refractivity (Wildman–Crippen MR) is 70.5 cm³/mol. The van der Waals surface area contributed by atoms with Crippen molar-refractivity contribution in [3.63, 3.8) is 0 Å².